The van der Waals surface area contributed by atoms with Gasteiger partial charge < -0.3 is 4.42 Å². The Bertz CT molecular complexity index is 803. The highest BCUT2D eigenvalue weighted by atomic mass is 35.5. The highest BCUT2D eigenvalue weighted by molar-refractivity contribution is 7.95. The van der Waals surface area contributed by atoms with Crippen LogP contribution in [0.2, 0.25) is 10.0 Å². The van der Waals surface area contributed by atoms with Crippen molar-refractivity contribution in [1.82, 2.24) is 0 Å². The molecular formula is C13H7Cl2NO3S. The Morgan fingerprint density at radius 3 is 2.65 bits per heavy atom. The molecule has 0 amide bonds. The first kappa shape index (κ1) is 14.7. The minimum atomic E-state index is -4.06. The second-order valence-corrected chi connectivity index (χ2v) is 6.44. The lowest BCUT2D eigenvalue weighted by Gasteiger charge is -2.05. The van der Waals surface area contributed by atoms with Crippen LogP contribution in [0.5, 0.6) is 0 Å². The monoisotopic (exact) mass is 327 g/mol. The highest BCUT2D eigenvalue weighted by Crippen LogP contribution is 2.30. The van der Waals surface area contributed by atoms with Crippen molar-refractivity contribution in [3.05, 3.63) is 57.3 Å². The van der Waals surface area contributed by atoms with Crippen molar-refractivity contribution in [1.29, 1.82) is 5.26 Å². The van der Waals surface area contributed by atoms with Gasteiger partial charge >= 0.3 is 0 Å². The summed E-state index contributed by atoms with van der Waals surface area (Å²) in [7, 11) is -4.06. The van der Waals surface area contributed by atoms with Crippen molar-refractivity contribution in [3.8, 4) is 6.07 Å². The molecule has 4 nitrogen and oxygen atoms in total. The molecule has 1 aromatic carbocycles. The molecule has 2 aromatic rings. The molecule has 0 radical (unpaired) electrons. The standard InChI is InChI=1S/C13H7Cl2NO3S/c14-9-3-4-12(15)13(6-9)20(17,18)11(8-16)7-10-2-1-5-19-10/h1-7H/b11-7+. The van der Waals surface area contributed by atoms with Gasteiger partial charge in [0.25, 0.3) is 0 Å². The van der Waals surface area contributed by atoms with Gasteiger partial charge in [-0.25, -0.2) is 8.42 Å². The van der Waals surface area contributed by atoms with Crippen molar-refractivity contribution in [3.63, 3.8) is 0 Å². The lowest BCUT2D eigenvalue weighted by molar-refractivity contribution is 0.556. The van der Waals surface area contributed by atoms with Crippen LogP contribution in [-0.2, 0) is 9.84 Å². The van der Waals surface area contributed by atoms with Gasteiger partial charge in [0, 0.05) is 11.1 Å². The zero-order valence-corrected chi connectivity index (χ0v) is 12.2. The maximum absolute atomic E-state index is 12.4. The van der Waals surface area contributed by atoms with Crippen LogP contribution >= 0.6 is 23.2 Å². The van der Waals surface area contributed by atoms with E-state index in [2.05, 4.69) is 0 Å². The van der Waals surface area contributed by atoms with E-state index in [1.54, 1.807) is 12.1 Å². The van der Waals surface area contributed by atoms with Crippen LogP contribution < -0.4 is 0 Å². The molecule has 1 heterocycles. The maximum Gasteiger partial charge on any atom is 0.218 e. The van der Waals surface area contributed by atoms with Gasteiger partial charge in [0.2, 0.25) is 9.84 Å². The summed E-state index contributed by atoms with van der Waals surface area (Å²) in [6.45, 7) is 0. The minimum absolute atomic E-state index is 0.00463. The van der Waals surface area contributed by atoms with E-state index in [1.165, 1.54) is 30.5 Å². The van der Waals surface area contributed by atoms with Crippen LogP contribution in [0.1, 0.15) is 5.76 Å². The molecule has 0 N–H and O–H groups in total. The largest absolute Gasteiger partial charge is 0.465 e. The van der Waals surface area contributed by atoms with Gasteiger partial charge in [-0.1, -0.05) is 23.2 Å². The Morgan fingerprint density at radius 2 is 2.05 bits per heavy atom. The first-order chi connectivity index (χ1) is 9.45. The molecule has 102 valence electrons. The summed E-state index contributed by atoms with van der Waals surface area (Å²) in [5.74, 6) is 0.253. The van der Waals surface area contributed by atoms with E-state index in [0.29, 0.717) is 0 Å². The summed E-state index contributed by atoms with van der Waals surface area (Å²) in [5.41, 5.74) is 0. The molecule has 7 heteroatoms. The topological polar surface area (TPSA) is 71.1 Å². The molecule has 0 unspecified atom stereocenters. The average Bonchev–Trinajstić information content (AvgIpc) is 2.91. The maximum atomic E-state index is 12.4. The van der Waals surface area contributed by atoms with Crippen LogP contribution in [0.25, 0.3) is 6.08 Å². The van der Waals surface area contributed by atoms with Crippen molar-refractivity contribution in [2.75, 3.05) is 0 Å². The van der Waals surface area contributed by atoms with E-state index in [-0.39, 0.29) is 20.7 Å². The third kappa shape index (κ3) is 2.88. The number of rotatable bonds is 3. The zero-order valence-electron chi connectivity index (χ0n) is 9.88. The highest BCUT2D eigenvalue weighted by Gasteiger charge is 2.24. The number of allylic oxidation sites excluding steroid dienone is 1. The fourth-order valence-electron chi connectivity index (χ4n) is 1.47. The van der Waals surface area contributed by atoms with E-state index < -0.39 is 14.7 Å². The predicted molar refractivity (Wildman–Crippen MR) is 75.9 cm³/mol. The molecule has 0 saturated carbocycles. The number of hydrogen-bond donors (Lipinski definition) is 0. The summed E-state index contributed by atoms with van der Waals surface area (Å²) in [6, 6.07) is 8.78. The summed E-state index contributed by atoms with van der Waals surface area (Å²) in [5, 5.41) is 9.27. The number of furan rings is 1. The van der Waals surface area contributed by atoms with E-state index in [9.17, 15) is 8.42 Å². The molecule has 0 aliphatic carbocycles. The molecule has 0 atom stereocenters. The summed E-state index contributed by atoms with van der Waals surface area (Å²) >= 11 is 11.6. The Kier molecular flexibility index (Phi) is 4.19. The first-order valence-electron chi connectivity index (χ1n) is 5.30. The van der Waals surface area contributed by atoms with Gasteiger partial charge in [0.05, 0.1) is 16.2 Å². The molecule has 0 aliphatic rings. The van der Waals surface area contributed by atoms with Gasteiger partial charge in [-0.05, 0) is 30.3 Å². The quantitative estimate of drug-likeness (QED) is 0.801. The van der Waals surface area contributed by atoms with E-state index >= 15 is 0 Å². The first-order valence-corrected chi connectivity index (χ1v) is 7.54. The van der Waals surface area contributed by atoms with Crippen LogP contribution in [-0.4, -0.2) is 8.42 Å². The average molecular weight is 328 g/mol. The second-order valence-electron chi connectivity index (χ2n) is 3.71. The molecular weight excluding hydrogens is 321 g/mol. The second kappa shape index (κ2) is 5.71. The van der Waals surface area contributed by atoms with Gasteiger partial charge in [-0.2, -0.15) is 5.26 Å². The SMILES string of the molecule is N#C/C(=C\c1ccco1)S(=O)(=O)c1cc(Cl)ccc1Cl. The van der Waals surface area contributed by atoms with Crippen molar-refractivity contribution >= 4 is 39.1 Å². The number of benzene rings is 1. The number of nitriles is 1. The summed E-state index contributed by atoms with van der Waals surface area (Å²) in [4.78, 5) is -0.692. The summed E-state index contributed by atoms with van der Waals surface area (Å²) in [6.07, 6.45) is 2.51. The van der Waals surface area contributed by atoms with E-state index in [1.807, 2.05) is 0 Å². The number of sulfone groups is 1. The van der Waals surface area contributed by atoms with Crippen molar-refractivity contribution in [2.24, 2.45) is 0 Å². The minimum Gasteiger partial charge on any atom is -0.465 e. The van der Waals surface area contributed by atoms with Gasteiger partial charge in [-0.3, -0.25) is 0 Å². The molecule has 20 heavy (non-hydrogen) atoms. The smallest absolute Gasteiger partial charge is 0.218 e. The Hall–Kier alpha value is -1.74. The molecule has 0 spiro atoms. The van der Waals surface area contributed by atoms with E-state index in [4.69, 9.17) is 32.9 Å². The third-order valence-corrected chi connectivity index (χ3v) is 4.78. The fraction of sp³-hybridized carbons (Fsp3) is 0. The lowest BCUT2D eigenvalue weighted by atomic mass is 10.4. The normalized spacial score (nSPS) is 12.2. The Labute approximate surface area is 125 Å². The number of halogens is 2. The van der Waals surface area contributed by atoms with E-state index in [0.717, 1.165) is 6.08 Å². The zero-order chi connectivity index (χ0) is 14.8. The molecule has 0 saturated heterocycles. The van der Waals surface area contributed by atoms with Crippen molar-refractivity contribution in [2.45, 2.75) is 4.90 Å². The molecule has 0 aliphatic heterocycles. The fourth-order valence-corrected chi connectivity index (χ4v) is 3.37. The van der Waals surface area contributed by atoms with Crippen LogP contribution in [0.4, 0.5) is 0 Å². The summed E-state index contributed by atoms with van der Waals surface area (Å²) < 4.78 is 29.8. The molecule has 0 fully saturated rings. The Morgan fingerprint density at radius 1 is 1.30 bits per heavy atom. The van der Waals surface area contributed by atoms with Crippen molar-refractivity contribution < 1.29 is 12.8 Å². The Balaban J connectivity index is 2.59. The van der Waals surface area contributed by atoms with Crippen LogP contribution in [0.15, 0.2) is 50.8 Å². The number of hydrogen-bond acceptors (Lipinski definition) is 4. The van der Waals surface area contributed by atoms with Gasteiger partial charge in [0.15, 0.2) is 4.91 Å². The van der Waals surface area contributed by atoms with Crippen LogP contribution in [0.3, 0.4) is 0 Å². The third-order valence-electron chi connectivity index (χ3n) is 2.40. The van der Waals surface area contributed by atoms with Gasteiger partial charge in [0.1, 0.15) is 11.8 Å². The van der Waals surface area contributed by atoms with Crippen LogP contribution in [0, 0.1) is 11.3 Å². The van der Waals surface area contributed by atoms with Gasteiger partial charge in [-0.15, -0.1) is 0 Å². The predicted octanol–water partition coefficient (Wildman–Crippen LogP) is 3.92. The molecule has 2 rings (SSSR count). The lowest BCUT2D eigenvalue weighted by Crippen LogP contribution is -2.04. The number of nitrogens with zero attached hydrogens (tertiary/aromatic N) is 1. The molecule has 0 bridgehead atoms. The molecule has 1 aromatic heterocycles.